The van der Waals surface area contributed by atoms with E-state index in [0.29, 0.717) is 11.3 Å². The number of halogens is 4. The zero-order chi connectivity index (χ0) is 14.7. The van der Waals surface area contributed by atoms with E-state index >= 15 is 0 Å². The molecule has 0 saturated carbocycles. The highest BCUT2D eigenvalue weighted by Crippen LogP contribution is 2.36. The zero-order valence-electron chi connectivity index (χ0n) is 10.00. The highest BCUT2D eigenvalue weighted by molar-refractivity contribution is 9.11. The molecule has 0 aromatic heterocycles. The van der Waals surface area contributed by atoms with Crippen LogP contribution in [-0.2, 0) is 0 Å². The average Bonchev–Trinajstić information content (AvgIpc) is 2.37. The van der Waals surface area contributed by atoms with E-state index < -0.39 is 0 Å². The van der Waals surface area contributed by atoms with Crippen LogP contribution in [-0.4, -0.2) is 12.4 Å². The third kappa shape index (κ3) is 3.93. The quantitative estimate of drug-likeness (QED) is 0.456. The van der Waals surface area contributed by atoms with Gasteiger partial charge in [0.1, 0.15) is 5.75 Å². The molecule has 0 atom stereocenters. The monoisotopic (exact) mass is 524 g/mol. The molecule has 2 aromatic rings. The second kappa shape index (κ2) is 7.20. The minimum Gasteiger partial charge on any atom is -0.483 e. The van der Waals surface area contributed by atoms with Crippen LogP contribution >= 0.6 is 63.7 Å². The first-order chi connectivity index (χ1) is 9.49. The lowest BCUT2D eigenvalue weighted by atomic mass is 10.1. The molecular weight excluding hydrogens is 520 g/mol. The van der Waals surface area contributed by atoms with Crippen molar-refractivity contribution >= 4 is 69.5 Å². The van der Waals surface area contributed by atoms with Crippen LogP contribution in [0.2, 0.25) is 0 Å². The molecule has 0 fully saturated rings. The topological polar surface area (TPSA) is 26.3 Å². The largest absolute Gasteiger partial charge is 0.483 e. The Morgan fingerprint density at radius 1 is 0.950 bits per heavy atom. The van der Waals surface area contributed by atoms with Gasteiger partial charge in [0.25, 0.3) is 0 Å². The van der Waals surface area contributed by atoms with E-state index in [1.165, 1.54) is 0 Å². The van der Waals surface area contributed by atoms with E-state index in [2.05, 4.69) is 63.7 Å². The van der Waals surface area contributed by atoms with E-state index in [-0.39, 0.29) is 12.4 Å². The summed E-state index contributed by atoms with van der Waals surface area (Å²) in [6, 6.07) is 11.0. The maximum absolute atomic E-state index is 12.1. The van der Waals surface area contributed by atoms with Crippen molar-refractivity contribution in [3.05, 3.63) is 59.9 Å². The van der Waals surface area contributed by atoms with Crippen molar-refractivity contribution < 1.29 is 9.53 Å². The lowest BCUT2D eigenvalue weighted by Gasteiger charge is -2.11. The molecule has 2 aromatic carbocycles. The van der Waals surface area contributed by atoms with Crippen molar-refractivity contribution in [2.24, 2.45) is 0 Å². The minimum absolute atomic E-state index is 0.0263. The number of Topliss-reactive ketones (excluding diaryl/α,β-unsaturated/α-hetero) is 1. The van der Waals surface area contributed by atoms with Gasteiger partial charge in [-0.05, 0) is 50.1 Å². The van der Waals surface area contributed by atoms with Crippen molar-refractivity contribution in [1.82, 2.24) is 0 Å². The molecule has 0 bridgehead atoms. The number of rotatable bonds is 4. The molecule has 0 aliphatic rings. The number of benzene rings is 2. The maximum Gasteiger partial charge on any atom is 0.201 e. The number of hydrogen-bond acceptors (Lipinski definition) is 2. The van der Waals surface area contributed by atoms with Gasteiger partial charge in [-0.15, -0.1) is 0 Å². The number of ether oxygens (including phenoxy) is 1. The Bertz CT molecular complexity index is 632. The van der Waals surface area contributed by atoms with E-state index in [9.17, 15) is 4.79 Å². The summed E-state index contributed by atoms with van der Waals surface area (Å²) in [6.45, 7) is -0.0263. The summed E-state index contributed by atoms with van der Waals surface area (Å²) < 4.78 is 8.85. The van der Waals surface area contributed by atoms with Crippen molar-refractivity contribution in [3.8, 4) is 5.75 Å². The Morgan fingerprint density at radius 2 is 1.55 bits per heavy atom. The Kier molecular flexibility index (Phi) is 5.84. The maximum atomic E-state index is 12.1. The van der Waals surface area contributed by atoms with Crippen LogP contribution in [0, 0.1) is 0 Å². The van der Waals surface area contributed by atoms with Crippen LogP contribution in [0.5, 0.6) is 5.75 Å². The Labute approximate surface area is 150 Å². The Morgan fingerprint density at radius 3 is 2.15 bits per heavy atom. The van der Waals surface area contributed by atoms with E-state index in [4.69, 9.17) is 4.74 Å². The van der Waals surface area contributed by atoms with Gasteiger partial charge < -0.3 is 4.74 Å². The molecule has 20 heavy (non-hydrogen) atoms. The van der Waals surface area contributed by atoms with Crippen molar-refractivity contribution in [3.63, 3.8) is 0 Å². The molecule has 0 saturated heterocycles. The summed E-state index contributed by atoms with van der Waals surface area (Å²) in [5.41, 5.74) is 0.608. The van der Waals surface area contributed by atoms with E-state index in [1.54, 1.807) is 6.07 Å². The fourth-order valence-corrected chi connectivity index (χ4v) is 4.56. The predicted molar refractivity (Wildman–Crippen MR) is 93.5 cm³/mol. The normalized spacial score (nSPS) is 10.4. The highest BCUT2D eigenvalue weighted by Gasteiger charge is 2.13. The number of ketones is 1. The fourth-order valence-electron chi connectivity index (χ4n) is 1.57. The first-order valence-electron chi connectivity index (χ1n) is 5.54. The standard InChI is InChI=1S/C14H8Br4O2/c15-8-5-11(17)14(12(18)6-8)20-7-13(19)9-3-1-2-4-10(9)16/h1-6H,7H2. The number of hydrogen-bond donors (Lipinski definition) is 0. The van der Waals surface area contributed by atoms with Crippen LogP contribution in [0.3, 0.4) is 0 Å². The molecule has 2 rings (SSSR count). The van der Waals surface area contributed by atoms with Crippen LogP contribution in [0.15, 0.2) is 54.3 Å². The summed E-state index contributed by atoms with van der Waals surface area (Å²) in [5.74, 6) is 0.521. The minimum atomic E-state index is -0.0841. The van der Waals surface area contributed by atoms with Gasteiger partial charge in [0, 0.05) is 14.5 Å². The first kappa shape index (κ1) is 16.2. The molecule has 0 radical (unpaired) electrons. The molecule has 0 aliphatic heterocycles. The van der Waals surface area contributed by atoms with Crippen LogP contribution in [0.1, 0.15) is 10.4 Å². The summed E-state index contributed by atoms with van der Waals surface area (Å²) in [5, 5.41) is 0. The van der Waals surface area contributed by atoms with Gasteiger partial charge >= 0.3 is 0 Å². The molecule has 0 amide bonds. The SMILES string of the molecule is O=C(COc1c(Br)cc(Br)cc1Br)c1ccccc1Br. The van der Waals surface area contributed by atoms with Crippen LogP contribution in [0.25, 0.3) is 0 Å². The Balaban J connectivity index is 2.14. The Hall–Kier alpha value is -0.170. The molecule has 0 spiro atoms. The molecule has 104 valence electrons. The lowest BCUT2D eigenvalue weighted by Crippen LogP contribution is -2.12. The van der Waals surface area contributed by atoms with Crippen molar-refractivity contribution in [2.75, 3.05) is 6.61 Å². The van der Waals surface area contributed by atoms with Crippen molar-refractivity contribution in [1.29, 1.82) is 0 Å². The molecule has 0 aliphatic carbocycles. The third-order valence-corrected chi connectivity index (χ3v) is 4.81. The second-order valence-electron chi connectivity index (χ2n) is 3.89. The average molecular weight is 528 g/mol. The van der Waals surface area contributed by atoms with Gasteiger partial charge in [-0.25, -0.2) is 0 Å². The fraction of sp³-hybridized carbons (Fsp3) is 0.0714. The third-order valence-electron chi connectivity index (χ3n) is 2.48. The highest BCUT2D eigenvalue weighted by atomic mass is 79.9. The number of carbonyl (C=O) groups excluding carboxylic acids is 1. The molecular formula is C14H8Br4O2. The van der Waals surface area contributed by atoms with Gasteiger partial charge in [-0.3, -0.25) is 4.79 Å². The lowest BCUT2D eigenvalue weighted by molar-refractivity contribution is 0.0919. The van der Waals surface area contributed by atoms with Crippen LogP contribution in [0.4, 0.5) is 0 Å². The second-order valence-corrected chi connectivity index (χ2v) is 7.37. The number of carbonyl (C=O) groups is 1. The van der Waals surface area contributed by atoms with Crippen molar-refractivity contribution in [2.45, 2.75) is 0 Å². The molecule has 0 unspecified atom stereocenters. The predicted octanol–water partition coefficient (Wildman–Crippen LogP) is 6.00. The van der Waals surface area contributed by atoms with Gasteiger partial charge in [0.2, 0.25) is 5.78 Å². The van der Waals surface area contributed by atoms with Gasteiger partial charge in [-0.1, -0.05) is 50.1 Å². The molecule has 0 heterocycles. The van der Waals surface area contributed by atoms with E-state index in [1.807, 2.05) is 30.3 Å². The van der Waals surface area contributed by atoms with Crippen LogP contribution < -0.4 is 4.74 Å². The summed E-state index contributed by atoms with van der Waals surface area (Å²) in [4.78, 5) is 12.1. The van der Waals surface area contributed by atoms with Gasteiger partial charge in [0.15, 0.2) is 6.61 Å². The molecule has 0 N–H and O–H groups in total. The van der Waals surface area contributed by atoms with Gasteiger partial charge in [0.05, 0.1) is 8.95 Å². The van der Waals surface area contributed by atoms with Gasteiger partial charge in [-0.2, -0.15) is 0 Å². The van der Waals surface area contributed by atoms with E-state index in [0.717, 1.165) is 17.9 Å². The molecule has 2 nitrogen and oxygen atoms in total. The first-order valence-corrected chi connectivity index (χ1v) is 8.71. The molecule has 6 heteroatoms. The summed E-state index contributed by atoms with van der Waals surface area (Å²) >= 11 is 13.6. The smallest absolute Gasteiger partial charge is 0.201 e. The zero-order valence-corrected chi connectivity index (χ0v) is 16.3. The summed E-state index contributed by atoms with van der Waals surface area (Å²) in [7, 11) is 0. The summed E-state index contributed by atoms with van der Waals surface area (Å²) in [6.07, 6.45) is 0.